The van der Waals surface area contributed by atoms with E-state index in [-0.39, 0.29) is 5.41 Å². The summed E-state index contributed by atoms with van der Waals surface area (Å²) in [6.07, 6.45) is 3.85. The number of benzene rings is 1. The van der Waals surface area contributed by atoms with Gasteiger partial charge in [0.15, 0.2) is 0 Å². The molecule has 1 aliphatic carbocycles. The largest absolute Gasteiger partial charge is 0.496 e. The second-order valence-electron chi connectivity index (χ2n) is 5.71. The van der Waals surface area contributed by atoms with Gasteiger partial charge in [-0.25, -0.2) is 0 Å². The summed E-state index contributed by atoms with van der Waals surface area (Å²) >= 11 is 2.37. The third-order valence-electron chi connectivity index (χ3n) is 3.65. The minimum Gasteiger partial charge on any atom is -0.496 e. The van der Waals surface area contributed by atoms with Gasteiger partial charge in [-0.15, -0.1) is 0 Å². The fourth-order valence-electron chi connectivity index (χ4n) is 2.22. The summed E-state index contributed by atoms with van der Waals surface area (Å²) in [5.74, 6) is 1.01. The number of hydrogen-bond donors (Lipinski definition) is 1. The first-order valence-corrected chi connectivity index (χ1v) is 7.68. The van der Waals surface area contributed by atoms with Gasteiger partial charge >= 0.3 is 0 Å². The Bertz CT molecular complexity index is 413. The molecule has 1 aliphatic rings. The molecule has 0 unspecified atom stereocenters. The molecule has 2 nitrogen and oxygen atoms in total. The van der Waals surface area contributed by atoms with E-state index in [0.29, 0.717) is 0 Å². The third-order valence-corrected chi connectivity index (χ3v) is 4.32. The van der Waals surface area contributed by atoms with Crippen molar-refractivity contribution in [2.45, 2.75) is 44.6 Å². The lowest BCUT2D eigenvalue weighted by Gasteiger charge is -2.27. The first kappa shape index (κ1) is 14.1. The van der Waals surface area contributed by atoms with Gasteiger partial charge in [-0.2, -0.15) is 0 Å². The molecule has 1 N–H and O–H groups in total. The average Bonchev–Trinajstić information content (AvgIpc) is 3.13. The van der Waals surface area contributed by atoms with Crippen LogP contribution in [-0.4, -0.2) is 19.7 Å². The van der Waals surface area contributed by atoms with Crippen LogP contribution in [0.5, 0.6) is 5.75 Å². The lowest BCUT2D eigenvalue weighted by Crippen LogP contribution is -2.27. The lowest BCUT2D eigenvalue weighted by atomic mass is 9.81. The zero-order valence-corrected chi connectivity index (χ0v) is 13.6. The van der Waals surface area contributed by atoms with Gasteiger partial charge in [-0.3, -0.25) is 0 Å². The van der Waals surface area contributed by atoms with Gasteiger partial charge < -0.3 is 10.1 Å². The minimum atomic E-state index is 0.147. The Balaban J connectivity index is 2.08. The molecule has 2 rings (SSSR count). The monoisotopic (exact) mass is 359 g/mol. The second-order valence-corrected chi connectivity index (χ2v) is 6.95. The van der Waals surface area contributed by atoms with Crippen molar-refractivity contribution >= 4 is 22.6 Å². The summed E-state index contributed by atoms with van der Waals surface area (Å²) in [6, 6.07) is 7.21. The molecule has 1 aromatic rings. The van der Waals surface area contributed by atoms with E-state index >= 15 is 0 Å². The second kappa shape index (κ2) is 5.78. The molecule has 1 saturated carbocycles. The number of ether oxygens (including phenoxy) is 1. The van der Waals surface area contributed by atoms with E-state index in [1.807, 2.05) is 0 Å². The highest BCUT2D eigenvalue weighted by Gasteiger charge is 2.26. The molecule has 3 heteroatoms. The van der Waals surface area contributed by atoms with Gasteiger partial charge in [0.1, 0.15) is 5.75 Å². The van der Waals surface area contributed by atoms with Crippen LogP contribution in [0.2, 0.25) is 0 Å². The number of halogens is 1. The highest BCUT2D eigenvalue weighted by atomic mass is 127. The maximum absolute atomic E-state index is 5.50. The van der Waals surface area contributed by atoms with Gasteiger partial charge in [0.05, 0.1) is 7.11 Å². The molecule has 0 atom stereocenters. The quantitative estimate of drug-likeness (QED) is 0.782. The smallest absolute Gasteiger partial charge is 0.122 e. The maximum Gasteiger partial charge on any atom is 0.122 e. The molecule has 0 saturated heterocycles. The van der Waals surface area contributed by atoms with E-state index in [1.165, 1.54) is 22.0 Å². The van der Waals surface area contributed by atoms with Gasteiger partial charge in [0.25, 0.3) is 0 Å². The topological polar surface area (TPSA) is 21.3 Å². The van der Waals surface area contributed by atoms with Crippen molar-refractivity contribution in [1.82, 2.24) is 5.32 Å². The molecule has 0 aromatic heterocycles. The maximum atomic E-state index is 5.50. The molecule has 1 fully saturated rings. The van der Waals surface area contributed by atoms with Crippen LogP contribution in [0.4, 0.5) is 0 Å². The Kier molecular flexibility index (Phi) is 4.54. The number of rotatable bonds is 6. The van der Waals surface area contributed by atoms with Crippen LogP contribution in [0.1, 0.15) is 38.7 Å². The molecule has 0 bridgehead atoms. The van der Waals surface area contributed by atoms with Crippen molar-refractivity contribution in [2.24, 2.45) is 0 Å². The van der Waals surface area contributed by atoms with Crippen molar-refractivity contribution in [3.05, 3.63) is 27.3 Å². The van der Waals surface area contributed by atoms with Gasteiger partial charge in [-0.05, 0) is 72.0 Å². The zero-order valence-electron chi connectivity index (χ0n) is 11.4. The third kappa shape index (κ3) is 3.60. The molecule has 100 valence electrons. The lowest BCUT2D eigenvalue weighted by molar-refractivity contribution is 0.382. The predicted octanol–water partition coefficient (Wildman–Crippen LogP) is 3.72. The van der Waals surface area contributed by atoms with Gasteiger partial charge in [0.2, 0.25) is 0 Å². The van der Waals surface area contributed by atoms with Crippen LogP contribution in [0.25, 0.3) is 0 Å². The van der Waals surface area contributed by atoms with Crippen LogP contribution in [0, 0.1) is 3.57 Å². The Labute approximate surface area is 124 Å². The summed E-state index contributed by atoms with van der Waals surface area (Å²) in [7, 11) is 1.75. The normalized spacial score (nSPS) is 15.8. The average molecular weight is 359 g/mol. The molecular weight excluding hydrogens is 337 g/mol. The van der Waals surface area contributed by atoms with Crippen LogP contribution < -0.4 is 10.1 Å². The van der Waals surface area contributed by atoms with Crippen molar-refractivity contribution in [1.29, 1.82) is 0 Å². The van der Waals surface area contributed by atoms with E-state index in [9.17, 15) is 0 Å². The summed E-state index contributed by atoms with van der Waals surface area (Å²) < 4.78 is 6.77. The molecule has 0 spiro atoms. The Morgan fingerprint density at radius 3 is 2.72 bits per heavy atom. The van der Waals surface area contributed by atoms with E-state index in [4.69, 9.17) is 4.74 Å². The van der Waals surface area contributed by atoms with Crippen molar-refractivity contribution in [3.63, 3.8) is 0 Å². The highest BCUT2D eigenvalue weighted by molar-refractivity contribution is 14.1. The van der Waals surface area contributed by atoms with Gasteiger partial charge in [0, 0.05) is 15.2 Å². The zero-order chi connectivity index (χ0) is 13.2. The molecule has 0 aliphatic heterocycles. The van der Waals surface area contributed by atoms with Crippen LogP contribution >= 0.6 is 22.6 Å². The van der Waals surface area contributed by atoms with Crippen molar-refractivity contribution in [3.8, 4) is 5.75 Å². The standard InChI is InChI=1S/C15H22INO/c1-15(2,8-9-17-12-5-6-12)13-10-11(16)4-7-14(13)18-3/h4,7,10,12,17H,5-6,8-9H2,1-3H3. The first-order chi connectivity index (χ1) is 8.53. The summed E-state index contributed by atoms with van der Waals surface area (Å²) in [5, 5.41) is 3.59. The number of methoxy groups -OCH3 is 1. The molecule has 0 heterocycles. The van der Waals surface area contributed by atoms with Crippen LogP contribution in [0.15, 0.2) is 18.2 Å². The Morgan fingerprint density at radius 1 is 1.39 bits per heavy atom. The summed E-state index contributed by atoms with van der Waals surface area (Å²) in [6.45, 7) is 5.69. The highest BCUT2D eigenvalue weighted by Crippen LogP contribution is 2.35. The minimum absolute atomic E-state index is 0.147. The van der Waals surface area contributed by atoms with Crippen molar-refractivity contribution < 1.29 is 4.74 Å². The molecule has 1 aromatic carbocycles. The SMILES string of the molecule is COc1ccc(I)cc1C(C)(C)CCNC1CC1. The fraction of sp³-hybridized carbons (Fsp3) is 0.600. The number of nitrogens with one attached hydrogen (secondary N) is 1. The van der Waals surface area contributed by atoms with Crippen LogP contribution in [-0.2, 0) is 5.41 Å². The Morgan fingerprint density at radius 2 is 2.11 bits per heavy atom. The van der Waals surface area contributed by atoms with E-state index in [1.54, 1.807) is 7.11 Å². The summed E-state index contributed by atoms with van der Waals surface area (Å²) in [5.41, 5.74) is 1.46. The van der Waals surface area contributed by atoms with Crippen molar-refractivity contribution in [2.75, 3.05) is 13.7 Å². The number of hydrogen-bond acceptors (Lipinski definition) is 2. The van der Waals surface area contributed by atoms with E-state index in [2.05, 4.69) is 60.0 Å². The van der Waals surface area contributed by atoms with E-state index < -0.39 is 0 Å². The fourth-order valence-corrected chi connectivity index (χ4v) is 2.71. The molecule has 18 heavy (non-hydrogen) atoms. The summed E-state index contributed by atoms with van der Waals surface area (Å²) in [4.78, 5) is 0. The predicted molar refractivity (Wildman–Crippen MR) is 84.4 cm³/mol. The molecule has 0 amide bonds. The molecular formula is C15H22INO. The van der Waals surface area contributed by atoms with E-state index in [0.717, 1.165) is 24.8 Å². The Hall–Kier alpha value is -0.290. The molecule has 0 radical (unpaired) electrons. The first-order valence-electron chi connectivity index (χ1n) is 6.60. The van der Waals surface area contributed by atoms with Gasteiger partial charge in [-0.1, -0.05) is 13.8 Å². The van der Waals surface area contributed by atoms with Crippen LogP contribution in [0.3, 0.4) is 0 Å².